The minimum Gasteiger partial charge on any atom is -0.328 e. The smallest absolute Gasteiger partial charge is 0.137 e. The van der Waals surface area contributed by atoms with Crippen molar-refractivity contribution in [1.29, 1.82) is 0 Å². The molecule has 0 aliphatic rings. The minimum absolute atomic E-state index is 0.139. The Bertz CT molecular complexity index is 393. The molecule has 0 saturated carbocycles. The van der Waals surface area contributed by atoms with Gasteiger partial charge in [0.25, 0.3) is 0 Å². The van der Waals surface area contributed by atoms with E-state index in [9.17, 15) is 9.18 Å². The van der Waals surface area contributed by atoms with Crippen molar-refractivity contribution in [2.75, 3.05) is 0 Å². The van der Waals surface area contributed by atoms with E-state index in [1.54, 1.807) is 6.07 Å². The number of hydrogen-bond donors (Lipinski definition) is 1. The number of rotatable bonds is 6. The number of carbonyl (C=O) groups is 1. The fourth-order valence-corrected chi connectivity index (χ4v) is 2.08. The SMILES string of the molecule is CC(N)CCCC(=O)Cc1ccc(F)cc1Br. The molecule has 0 amide bonds. The zero-order valence-electron chi connectivity index (χ0n) is 9.88. The lowest BCUT2D eigenvalue weighted by Gasteiger charge is -2.06. The van der Waals surface area contributed by atoms with Gasteiger partial charge in [0.2, 0.25) is 0 Å². The van der Waals surface area contributed by atoms with Crippen LogP contribution in [0.5, 0.6) is 0 Å². The molecule has 0 fully saturated rings. The molecule has 17 heavy (non-hydrogen) atoms. The largest absolute Gasteiger partial charge is 0.328 e. The maximum atomic E-state index is 12.8. The first-order valence-corrected chi connectivity index (χ1v) is 6.49. The molecule has 1 aromatic rings. The van der Waals surface area contributed by atoms with Crippen molar-refractivity contribution >= 4 is 21.7 Å². The van der Waals surface area contributed by atoms with Crippen molar-refractivity contribution < 1.29 is 9.18 Å². The van der Waals surface area contributed by atoms with Crippen LogP contribution in [0.25, 0.3) is 0 Å². The van der Waals surface area contributed by atoms with Crippen molar-refractivity contribution in [3.05, 3.63) is 34.1 Å². The maximum Gasteiger partial charge on any atom is 0.137 e. The lowest BCUT2D eigenvalue weighted by Crippen LogP contribution is -2.15. The summed E-state index contributed by atoms with van der Waals surface area (Å²) in [4.78, 5) is 11.7. The molecule has 1 unspecified atom stereocenters. The third-order valence-corrected chi connectivity index (χ3v) is 3.26. The van der Waals surface area contributed by atoms with Gasteiger partial charge in [0.1, 0.15) is 11.6 Å². The summed E-state index contributed by atoms with van der Waals surface area (Å²) < 4.78 is 13.5. The van der Waals surface area contributed by atoms with Crippen LogP contribution < -0.4 is 5.73 Å². The summed E-state index contributed by atoms with van der Waals surface area (Å²) in [5, 5.41) is 0. The Morgan fingerprint density at radius 3 is 2.82 bits per heavy atom. The van der Waals surface area contributed by atoms with Crippen LogP contribution in [-0.2, 0) is 11.2 Å². The normalized spacial score (nSPS) is 12.5. The van der Waals surface area contributed by atoms with Crippen LogP contribution in [0.15, 0.2) is 22.7 Å². The van der Waals surface area contributed by atoms with E-state index in [0.717, 1.165) is 18.4 Å². The van der Waals surface area contributed by atoms with Gasteiger partial charge in [-0.05, 0) is 37.5 Å². The van der Waals surface area contributed by atoms with E-state index in [1.165, 1.54) is 12.1 Å². The van der Waals surface area contributed by atoms with Gasteiger partial charge in [0.15, 0.2) is 0 Å². The molecular formula is C13H17BrFNO. The number of benzene rings is 1. The second-order valence-corrected chi connectivity index (χ2v) is 5.18. The Balaban J connectivity index is 2.45. The van der Waals surface area contributed by atoms with E-state index in [4.69, 9.17) is 5.73 Å². The number of nitrogens with two attached hydrogens (primary N) is 1. The monoisotopic (exact) mass is 301 g/mol. The van der Waals surface area contributed by atoms with Gasteiger partial charge in [0.05, 0.1) is 0 Å². The van der Waals surface area contributed by atoms with Gasteiger partial charge in [-0.2, -0.15) is 0 Å². The first-order chi connectivity index (χ1) is 7.99. The molecule has 0 aliphatic heterocycles. The molecule has 0 bridgehead atoms. The summed E-state index contributed by atoms with van der Waals surface area (Å²) in [5.74, 6) is -0.136. The molecule has 1 aromatic carbocycles. The summed E-state index contributed by atoms with van der Waals surface area (Å²) in [5.41, 5.74) is 6.44. The van der Waals surface area contributed by atoms with Crippen LogP contribution in [0.2, 0.25) is 0 Å². The Kier molecular flexibility index (Phi) is 5.78. The number of Topliss-reactive ketones (excluding diaryl/α,β-unsaturated/α-hetero) is 1. The highest BCUT2D eigenvalue weighted by atomic mass is 79.9. The molecule has 94 valence electrons. The van der Waals surface area contributed by atoms with Crippen LogP contribution in [-0.4, -0.2) is 11.8 Å². The average molecular weight is 302 g/mol. The molecule has 1 atom stereocenters. The summed E-state index contributed by atoms with van der Waals surface area (Å²) in [6.45, 7) is 1.93. The van der Waals surface area contributed by atoms with Gasteiger partial charge in [-0.3, -0.25) is 4.79 Å². The second kappa shape index (κ2) is 6.87. The highest BCUT2D eigenvalue weighted by molar-refractivity contribution is 9.10. The highest BCUT2D eigenvalue weighted by Gasteiger charge is 2.08. The zero-order valence-corrected chi connectivity index (χ0v) is 11.5. The van der Waals surface area contributed by atoms with Crippen molar-refractivity contribution in [1.82, 2.24) is 0 Å². The molecule has 0 heterocycles. The highest BCUT2D eigenvalue weighted by Crippen LogP contribution is 2.19. The molecule has 0 aliphatic carbocycles. The Morgan fingerprint density at radius 2 is 2.24 bits per heavy atom. The average Bonchev–Trinajstić information content (AvgIpc) is 2.21. The fraction of sp³-hybridized carbons (Fsp3) is 0.462. The third-order valence-electron chi connectivity index (χ3n) is 2.52. The molecule has 0 saturated heterocycles. The number of carbonyl (C=O) groups excluding carboxylic acids is 1. The van der Waals surface area contributed by atoms with E-state index < -0.39 is 0 Å². The zero-order chi connectivity index (χ0) is 12.8. The first kappa shape index (κ1) is 14.3. The minimum atomic E-state index is -0.301. The van der Waals surface area contributed by atoms with E-state index in [1.807, 2.05) is 6.92 Å². The Labute approximate surface area is 110 Å². The molecule has 0 spiro atoms. The van der Waals surface area contributed by atoms with Crippen molar-refractivity contribution in [2.24, 2.45) is 5.73 Å². The fourth-order valence-electron chi connectivity index (χ4n) is 1.59. The Hall–Kier alpha value is -0.740. The molecule has 4 heteroatoms. The van der Waals surface area contributed by atoms with E-state index in [0.29, 0.717) is 17.3 Å². The molecule has 2 N–H and O–H groups in total. The van der Waals surface area contributed by atoms with Crippen LogP contribution in [0.4, 0.5) is 4.39 Å². The third kappa shape index (κ3) is 5.41. The summed E-state index contributed by atoms with van der Waals surface area (Å²) in [6.07, 6.45) is 2.55. The summed E-state index contributed by atoms with van der Waals surface area (Å²) >= 11 is 3.25. The van der Waals surface area contributed by atoms with Gasteiger partial charge in [0, 0.05) is 23.4 Å². The Morgan fingerprint density at radius 1 is 1.53 bits per heavy atom. The molecule has 0 aromatic heterocycles. The topological polar surface area (TPSA) is 43.1 Å². The van der Waals surface area contributed by atoms with Crippen LogP contribution in [0, 0.1) is 5.82 Å². The van der Waals surface area contributed by atoms with E-state index in [-0.39, 0.29) is 17.6 Å². The lowest BCUT2D eigenvalue weighted by molar-refractivity contribution is -0.118. The molecule has 2 nitrogen and oxygen atoms in total. The summed E-state index contributed by atoms with van der Waals surface area (Å²) in [7, 11) is 0. The van der Waals surface area contributed by atoms with Gasteiger partial charge >= 0.3 is 0 Å². The number of hydrogen-bond acceptors (Lipinski definition) is 2. The van der Waals surface area contributed by atoms with Crippen molar-refractivity contribution in [2.45, 2.75) is 38.6 Å². The van der Waals surface area contributed by atoms with E-state index >= 15 is 0 Å². The second-order valence-electron chi connectivity index (χ2n) is 4.32. The predicted octanol–water partition coefficient (Wildman–Crippen LogP) is 3.22. The lowest BCUT2D eigenvalue weighted by atomic mass is 10.0. The number of halogens is 2. The maximum absolute atomic E-state index is 12.8. The van der Waals surface area contributed by atoms with Crippen molar-refractivity contribution in [3.63, 3.8) is 0 Å². The van der Waals surface area contributed by atoms with Crippen LogP contribution in [0.1, 0.15) is 31.7 Å². The van der Waals surface area contributed by atoms with Gasteiger partial charge in [-0.25, -0.2) is 4.39 Å². The standard InChI is InChI=1S/C13H17BrFNO/c1-9(16)3-2-4-12(17)7-10-5-6-11(15)8-13(10)14/h5-6,8-9H,2-4,7,16H2,1H3. The van der Waals surface area contributed by atoms with Gasteiger partial charge < -0.3 is 5.73 Å². The van der Waals surface area contributed by atoms with Crippen LogP contribution >= 0.6 is 15.9 Å². The van der Waals surface area contributed by atoms with E-state index in [2.05, 4.69) is 15.9 Å². The molecular weight excluding hydrogens is 285 g/mol. The van der Waals surface area contributed by atoms with Crippen LogP contribution in [0.3, 0.4) is 0 Å². The van der Waals surface area contributed by atoms with Gasteiger partial charge in [-0.15, -0.1) is 0 Å². The van der Waals surface area contributed by atoms with Gasteiger partial charge in [-0.1, -0.05) is 22.0 Å². The quantitative estimate of drug-likeness (QED) is 0.877. The van der Waals surface area contributed by atoms with Crippen molar-refractivity contribution in [3.8, 4) is 0 Å². The molecule has 0 radical (unpaired) electrons. The predicted molar refractivity (Wildman–Crippen MR) is 70.3 cm³/mol. The summed E-state index contributed by atoms with van der Waals surface area (Å²) in [6, 6.07) is 4.53. The number of ketones is 1. The first-order valence-electron chi connectivity index (χ1n) is 5.70. The molecule has 1 rings (SSSR count).